The van der Waals surface area contributed by atoms with E-state index in [0.717, 1.165) is 52.3 Å². The minimum Gasteiger partial charge on any atom is -0.381 e. The first-order chi connectivity index (χ1) is 12.2. The van der Waals surface area contributed by atoms with Crippen LogP contribution >= 0.6 is 0 Å². The highest BCUT2D eigenvalue weighted by molar-refractivity contribution is 5.54. The highest BCUT2D eigenvalue weighted by atomic mass is 16.5. The number of morpholine rings is 1. The van der Waals surface area contributed by atoms with Gasteiger partial charge in [0, 0.05) is 64.5 Å². The predicted octanol–water partition coefficient (Wildman–Crippen LogP) is 3.37. The molecule has 1 aromatic rings. The summed E-state index contributed by atoms with van der Waals surface area (Å²) in [6.07, 6.45) is 6.13. The standard InChI is InChI=1S/C21H32N2O2/c1-18-15-19(5-6-20(18)23-9-3-2-4-10-23)16-22-11-14-25-21(17-22)7-12-24-13-8-21/h5-6,15H,2-4,7-14,16-17H2,1H3. The van der Waals surface area contributed by atoms with E-state index in [4.69, 9.17) is 9.47 Å². The fourth-order valence-electron chi connectivity index (χ4n) is 4.67. The van der Waals surface area contributed by atoms with E-state index in [2.05, 4.69) is 34.9 Å². The highest BCUT2D eigenvalue weighted by Gasteiger charge is 2.38. The molecular formula is C21H32N2O2. The second-order valence-electron chi connectivity index (χ2n) is 8.02. The Bertz CT molecular complexity index is 572. The Morgan fingerprint density at radius 3 is 2.56 bits per heavy atom. The van der Waals surface area contributed by atoms with E-state index in [1.165, 1.54) is 49.2 Å². The normalized spacial score (nSPS) is 24.6. The van der Waals surface area contributed by atoms with E-state index in [0.29, 0.717) is 0 Å². The maximum atomic E-state index is 6.17. The highest BCUT2D eigenvalue weighted by Crippen LogP contribution is 2.30. The van der Waals surface area contributed by atoms with Gasteiger partial charge in [0.25, 0.3) is 0 Å². The van der Waals surface area contributed by atoms with Crippen LogP contribution in [0.5, 0.6) is 0 Å². The van der Waals surface area contributed by atoms with Gasteiger partial charge >= 0.3 is 0 Å². The zero-order chi connectivity index (χ0) is 17.1. The average Bonchev–Trinajstić information content (AvgIpc) is 2.63. The zero-order valence-corrected chi connectivity index (χ0v) is 15.6. The largest absolute Gasteiger partial charge is 0.381 e. The molecule has 0 unspecified atom stereocenters. The molecule has 25 heavy (non-hydrogen) atoms. The molecule has 0 radical (unpaired) electrons. The molecule has 3 heterocycles. The molecule has 3 aliphatic heterocycles. The first kappa shape index (κ1) is 17.3. The maximum Gasteiger partial charge on any atom is 0.0853 e. The summed E-state index contributed by atoms with van der Waals surface area (Å²) in [6, 6.07) is 7.08. The fraction of sp³-hybridized carbons (Fsp3) is 0.714. The van der Waals surface area contributed by atoms with Crippen molar-refractivity contribution in [3.05, 3.63) is 29.3 Å². The first-order valence-electron chi connectivity index (χ1n) is 10.0. The van der Waals surface area contributed by atoms with E-state index in [-0.39, 0.29) is 5.60 Å². The molecule has 4 rings (SSSR count). The number of hydrogen-bond acceptors (Lipinski definition) is 4. The van der Waals surface area contributed by atoms with Crippen LogP contribution in [0.4, 0.5) is 5.69 Å². The van der Waals surface area contributed by atoms with Crippen molar-refractivity contribution >= 4 is 5.69 Å². The Balaban J connectivity index is 1.41. The van der Waals surface area contributed by atoms with Gasteiger partial charge in [-0.25, -0.2) is 0 Å². The van der Waals surface area contributed by atoms with Crippen molar-refractivity contribution in [2.45, 2.75) is 51.2 Å². The van der Waals surface area contributed by atoms with E-state index < -0.39 is 0 Å². The fourth-order valence-corrected chi connectivity index (χ4v) is 4.67. The van der Waals surface area contributed by atoms with Crippen LogP contribution in [0.15, 0.2) is 18.2 Å². The molecule has 0 aliphatic carbocycles. The molecule has 4 heteroatoms. The third-order valence-electron chi connectivity index (χ3n) is 6.10. The molecule has 1 spiro atoms. The molecule has 3 fully saturated rings. The number of benzene rings is 1. The van der Waals surface area contributed by atoms with E-state index in [1.54, 1.807) is 0 Å². The van der Waals surface area contributed by atoms with Gasteiger partial charge in [0.05, 0.1) is 12.2 Å². The lowest BCUT2D eigenvalue weighted by atomic mass is 9.92. The number of anilines is 1. The Kier molecular flexibility index (Phi) is 5.30. The molecule has 0 atom stereocenters. The molecular weight excluding hydrogens is 312 g/mol. The second-order valence-corrected chi connectivity index (χ2v) is 8.02. The summed E-state index contributed by atoms with van der Waals surface area (Å²) in [5.41, 5.74) is 4.33. The lowest BCUT2D eigenvalue weighted by Gasteiger charge is -2.45. The van der Waals surface area contributed by atoms with Crippen LogP contribution in [0, 0.1) is 6.92 Å². The minimum absolute atomic E-state index is 0.0410. The van der Waals surface area contributed by atoms with Crippen molar-refractivity contribution in [1.29, 1.82) is 0 Å². The van der Waals surface area contributed by atoms with Crippen molar-refractivity contribution in [1.82, 2.24) is 4.90 Å². The van der Waals surface area contributed by atoms with Crippen LogP contribution in [-0.4, -0.2) is 56.5 Å². The lowest BCUT2D eigenvalue weighted by molar-refractivity contribution is -0.155. The quantitative estimate of drug-likeness (QED) is 0.839. The molecule has 0 bridgehead atoms. The third-order valence-corrected chi connectivity index (χ3v) is 6.10. The summed E-state index contributed by atoms with van der Waals surface area (Å²) in [6.45, 7) is 10.4. The van der Waals surface area contributed by atoms with Crippen molar-refractivity contribution in [2.75, 3.05) is 50.9 Å². The van der Waals surface area contributed by atoms with Gasteiger partial charge in [0.2, 0.25) is 0 Å². The van der Waals surface area contributed by atoms with Gasteiger partial charge in [-0.2, -0.15) is 0 Å². The Hall–Kier alpha value is -1.10. The Labute approximate surface area is 152 Å². The van der Waals surface area contributed by atoms with Gasteiger partial charge in [-0.1, -0.05) is 12.1 Å². The summed E-state index contributed by atoms with van der Waals surface area (Å²) in [7, 11) is 0. The van der Waals surface area contributed by atoms with Crippen LogP contribution in [0.3, 0.4) is 0 Å². The Morgan fingerprint density at radius 2 is 1.80 bits per heavy atom. The van der Waals surface area contributed by atoms with Gasteiger partial charge in [-0.3, -0.25) is 4.90 Å². The number of hydrogen-bond donors (Lipinski definition) is 0. The maximum absolute atomic E-state index is 6.17. The summed E-state index contributed by atoms with van der Waals surface area (Å²) in [5.74, 6) is 0. The summed E-state index contributed by atoms with van der Waals surface area (Å²) >= 11 is 0. The van der Waals surface area contributed by atoms with E-state index in [9.17, 15) is 0 Å². The van der Waals surface area contributed by atoms with E-state index in [1.807, 2.05) is 0 Å². The van der Waals surface area contributed by atoms with Gasteiger partial charge in [-0.15, -0.1) is 0 Å². The van der Waals surface area contributed by atoms with Crippen LogP contribution in [0.25, 0.3) is 0 Å². The smallest absolute Gasteiger partial charge is 0.0853 e. The SMILES string of the molecule is Cc1cc(CN2CCOC3(CCOCC3)C2)ccc1N1CCCCC1. The van der Waals surface area contributed by atoms with Gasteiger partial charge in [0.1, 0.15) is 0 Å². The summed E-state index contributed by atoms with van der Waals surface area (Å²) < 4.78 is 11.7. The van der Waals surface area contributed by atoms with Crippen molar-refractivity contribution in [3.8, 4) is 0 Å². The number of rotatable bonds is 3. The lowest BCUT2D eigenvalue weighted by Crippen LogP contribution is -2.54. The number of nitrogens with zero attached hydrogens (tertiary/aromatic N) is 2. The van der Waals surface area contributed by atoms with Crippen molar-refractivity contribution < 1.29 is 9.47 Å². The van der Waals surface area contributed by atoms with Crippen LogP contribution in [0.2, 0.25) is 0 Å². The molecule has 138 valence electrons. The zero-order valence-electron chi connectivity index (χ0n) is 15.6. The number of ether oxygens (including phenoxy) is 2. The molecule has 0 aromatic heterocycles. The number of aryl methyl sites for hydroxylation is 1. The van der Waals surface area contributed by atoms with Crippen LogP contribution in [-0.2, 0) is 16.0 Å². The van der Waals surface area contributed by atoms with Gasteiger partial charge < -0.3 is 14.4 Å². The molecule has 3 aliphatic rings. The van der Waals surface area contributed by atoms with Crippen molar-refractivity contribution in [3.63, 3.8) is 0 Å². The molecule has 3 saturated heterocycles. The molecule has 1 aromatic carbocycles. The van der Waals surface area contributed by atoms with Gasteiger partial charge in [0.15, 0.2) is 0 Å². The predicted molar refractivity (Wildman–Crippen MR) is 101 cm³/mol. The molecule has 0 N–H and O–H groups in total. The number of piperidine rings is 1. The van der Waals surface area contributed by atoms with Crippen molar-refractivity contribution in [2.24, 2.45) is 0 Å². The second kappa shape index (κ2) is 7.65. The monoisotopic (exact) mass is 344 g/mol. The average molecular weight is 344 g/mol. The first-order valence-corrected chi connectivity index (χ1v) is 10.0. The van der Waals surface area contributed by atoms with E-state index >= 15 is 0 Å². The van der Waals surface area contributed by atoms with Crippen LogP contribution in [0.1, 0.15) is 43.2 Å². The third kappa shape index (κ3) is 4.02. The molecule has 0 amide bonds. The Morgan fingerprint density at radius 1 is 1.00 bits per heavy atom. The topological polar surface area (TPSA) is 24.9 Å². The summed E-state index contributed by atoms with van der Waals surface area (Å²) in [5, 5.41) is 0. The summed E-state index contributed by atoms with van der Waals surface area (Å²) in [4.78, 5) is 5.14. The van der Waals surface area contributed by atoms with Crippen LogP contribution < -0.4 is 4.90 Å². The molecule has 4 nitrogen and oxygen atoms in total. The van der Waals surface area contributed by atoms with Gasteiger partial charge in [-0.05, 0) is 43.4 Å². The minimum atomic E-state index is 0.0410. The molecule has 0 saturated carbocycles.